The number of aromatic nitrogens is 2. The highest BCUT2D eigenvalue weighted by atomic mass is 32.1. The van der Waals surface area contributed by atoms with Gasteiger partial charge in [-0.15, -0.1) is 11.3 Å². The summed E-state index contributed by atoms with van der Waals surface area (Å²) in [6.45, 7) is 6.60. The number of aryl methyl sites for hydroxylation is 1. The molecule has 0 radical (unpaired) electrons. The molecule has 2 aromatic carbocycles. The van der Waals surface area contributed by atoms with Gasteiger partial charge in [0.1, 0.15) is 11.4 Å². The molecular weight excluding hydrogens is 464 g/mol. The molecule has 0 atom stereocenters. The molecule has 0 fully saturated rings. The van der Waals surface area contributed by atoms with Crippen LogP contribution in [0.3, 0.4) is 0 Å². The van der Waals surface area contributed by atoms with Crippen molar-refractivity contribution in [1.29, 1.82) is 0 Å². The third kappa shape index (κ3) is 5.41. The molecule has 2 aromatic heterocycles. The first-order valence-corrected chi connectivity index (χ1v) is 12.1. The number of benzene rings is 2. The highest BCUT2D eigenvalue weighted by Gasteiger charge is 2.17. The summed E-state index contributed by atoms with van der Waals surface area (Å²) in [6, 6.07) is 15.1. The smallest absolute Gasteiger partial charge is 0.263 e. The van der Waals surface area contributed by atoms with E-state index in [2.05, 4.69) is 15.5 Å². The third-order valence-electron chi connectivity index (χ3n) is 5.20. The van der Waals surface area contributed by atoms with Crippen LogP contribution in [0.1, 0.15) is 24.3 Å². The number of fused-ring (bicyclic) bond motifs is 1. The average molecular weight is 491 g/mol. The van der Waals surface area contributed by atoms with Crippen LogP contribution in [0.5, 0.6) is 11.5 Å². The first kappa shape index (κ1) is 24.2. The highest BCUT2D eigenvalue weighted by Crippen LogP contribution is 2.35. The number of carbonyl (C=O) groups excluding carboxylic acids is 1. The van der Waals surface area contributed by atoms with E-state index in [1.807, 2.05) is 57.2 Å². The number of hydrogen-bond acceptors (Lipinski definition) is 7. The Morgan fingerprint density at radius 2 is 1.86 bits per heavy atom. The lowest BCUT2D eigenvalue weighted by molar-refractivity contribution is -0.121. The van der Waals surface area contributed by atoms with Crippen LogP contribution in [-0.2, 0) is 11.3 Å². The van der Waals surface area contributed by atoms with Crippen LogP contribution in [0, 0.1) is 6.92 Å². The van der Waals surface area contributed by atoms with Crippen LogP contribution in [0.2, 0.25) is 0 Å². The van der Waals surface area contributed by atoms with Gasteiger partial charge in [0, 0.05) is 10.4 Å². The largest absolute Gasteiger partial charge is 0.490 e. The minimum absolute atomic E-state index is 0.199. The predicted molar refractivity (Wildman–Crippen MR) is 139 cm³/mol. The summed E-state index contributed by atoms with van der Waals surface area (Å²) >= 11 is 1.47. The Kier molecular flexibility index (Phi) is 7.57. The topological polar surface area (TPSA) is 94.8 Å². The number of hydrogen-bond donors (Lipinski definition) is 1. The van der Waals surface area contributed by atoms with Crippen molar-refractivity contribution in [2.75, 3.05) is 13.2 Å². The van der Waals surface area contributed by atoms with Crippen molar-refractivity contribution < 1.29 is 14.3 Å². The zero-order chi connectivity index (χ0) is 24.8. The van der Waals surface area contributed by atoms with Crippen molar-refractivity contribution in [1.82, 2.24) is 15.0 Å². The van der Waals surface area contributed by atoms with Crippen LogP contribution in [0.4, 0.5) is 0 Å². The average Bonchev–Trinajstić information content (AvgIpc) is 3.20. The first-order valence-electron chi connectivity index (χ1n) is 11.3. The second-order valence-corrected chi connectivity index (χ2v) is 8.83. The Hall–Kier alpha value is -3.98. The van der Waals surface area contributed by atoms with E-state index >= 15 is 0 Å². The van der Waals surface area contributed by atoms with Gasteiger partial charge in [0.15, 0.2) is 11.5 Å². The van der Waals surface area contributed by atoms with Crippen LogP contribution in [-0.4, -0.2) is 34.9 Å². The van der Waals surface area contributed by atoms with Gasteiger partial charge in [-0.2, -0.15) is 5.10 Å². The highest BCUT2D eigenvalue weighted by molar-refractivity contribution is 7.19. The fourth-order valence-electron chi connectivity index (χ4n) is 3.72. The minimum atomic E-state index is -0.436. The summed E-state index contributed by atoms with van der Waals surface area (Å²) in [7, 11) is 0. The van der Waals surface area contributed by atoms with Crippen molar-refractivity contribution in [2.45, 2.75) is 27.3 Å². The van der Waals surface area contributed by atoms with Gasteiger partial charge in [-0.25, -0.2) is 10.4 Å². The maximum Gasteiger partial charge on any atom is 0.263 e. The van der Waals surface area contributed by atoms with Gasteiger partial charge < -0.3 is 9.47 Å². The zero-order valence-corrected chi connectivity index (χ0v) is 20.6. The van der Waals surface area contributed by atoms with E-state index in [0.29, 0.717) is 34.9 Å². The van der Waals surface area contributed by atoms with Crippen LogP contribution in [0.15, 0.2) is 64.8 Å². The molecule has 0 aliphatic heterocycles. The molecule has 0 bridgehead atoms. The Morgan fingerprint density at radius 3 is 2.60 bits per heavy atom. The van der Waals surface area contributed by atoms with Gasteiger partial charge in [-0.1, -0.05) is 30.3 Å². The second-order valence-electron chi connectivity index (χ2n) is 7.62. The van der Waals surface area contributed by atoms with Crippen LogP contribution >= 0.6 is 11.3 Å². The molecule has 1 amide bonds. The number of nitrogens with zero attached hydrogens (tertiary/aromatic N) is 3. The molecule has 0 saturated heterocycles. The quantitative estimate of drug-likeness (QED) is 0.278. The standard InChI is InChI=1S/C26H26N4O4S/c1-4-33-20-12-11-18(13-21(20)34-5-2)14-28-29-22(31)15-30-16-27-25-24(26(30)32)23(17(3)35-25)19-9-7-6-8-10-19/h6-14,16H,4-5,15H2,1-3H3,(H,29,31). The second kappa shape index (κ2) is 11.0. The van der Waals surface area contributed by atoms with E-state index in [9.17, 15) is 9.59 Å². The molecule has 1 N–H and O–H groups in total. The SMILES string of the molecule is CCOc1ccc(C=NNC(=O)Cn2cnc3sc(C)c(-c4ccccc4)c3c2=O)cc1OCC. The number of ether oxygens (including phenoxy) is 2. The Morgan fingerprint density at radius 1 is 1.11 bits per heavy atom. The van der Waals surface area contributed by atoms with Crippen LogP contribution < -0.4 is 20.5 Å². The molecule has 0 saturated carbocycles. The van der Waals surface area contributed by atoms with E-state index in [1.165, 1.54) is 28.4 Å². The van der Waals surface area contributed by atoms with E-state index in [0.717, 1.165) is 21.6 Å². The van der Waals surface area contributed by atoms with Crippen molar-refractivity contribution >= 4 is 33.7 Å². The maximum absolute atomic E-state index is 13.2. The lowest BCUT2D eigenvalue weighted by Gasteiger charge is -2.11. The lowest BCUT2D eigenvalue weighted by atomic mass is 10.0. The third-order valence-corrected chi connectivity index (χ3v) is 6.21. The summed E-state index contributed by atoms with van der Waals surface area (Å²) in [6.07, 6.45) is 2.91. The monoisotopic (exact) mass is 490 g/mol. The van der Waals surface area contributed by atoms with E-state index in [4.69, 9.17) is 9.47 Å². The number of thiophene rings is 1. The van der Waals surface area contributed by atoms with Crippen molar-refractivity contribution in [3.8, 4) is 22.6 Å². The zero-order valence-electron chi connectivity index (χ0n) is 19.8. The molecular formula is C26H26N4O4S. The number of carbonyl (C=O) groups is 1. The molecule has 4 rings (SSSR count). The van der Waals surface area contributed by atoms with Crippen molar-refractivity contribution in [3.63, 3.8) is 0 Å². The molecule has 0 aliphatic rings. The molecule has 8 nitrogen and oxygen atoms in total. The predicted octanol–water partition coefficient (Wildman–Crippen LogP) is 4.38. The molecule has 180 valence electrons. The van der Waals surface area contributed by atoms with E-state index < -0.39 is 5.91 Å². The fourth-order valence-corrected chi connectivity index (χ4v) is 4.72. The summed E-state index contributed by atoms with van der Waals surface area (Å²) in [5, 5.41) is 4.54. The molecule has 2 heterocycles. The molecule has 0 aliphatic carbocycles. The molecule has 0 unspecified atom stereocenters. The van der Waals surface area contributed by atoms with Crippen LogP contribution in [0.25, 0.3) is 21.3 Å². The summed E-state index contributed by atoms with van der Waals surface area (Å²) in [5.41, 5.74) is 4.75. The van der Waals surface area contributed by atoms with Crippen molar-refractivity contribution in [2.24, 2.45) is 5.10 Å². The van der Waals surface area contributed by atoms with Crippen molar-refractivity contribution in [3.05, 3.63) is 75.7 Å². The summed E-state index contributed by atoms with van der Waals surface area (Å²) in [5.74, 6) is 0.820. The number of amides is 1. The Balaban J connectivity index is 1.51. The number of rotatable bonds is 9. The first-order chi connectivity index (χ1) is 17.0. The molecule has 4 aromatic rings. The fraction of sp³-hybridized carbons (Fsp3) is 0.231. The molecule has 35 heavy (non-hydrogen) atoms. The Labute approximate surface area is 206 Å². The minimum Gasteiger partial charge on any atom is -0.490 e. The van der Waals surface area contributed by atoms with E-state index in [1.54, 1.807) is 12.1 Å². The molecule has 9 heteroatoms. The van der Waals surface area contributed by atoms with Gasteiger partial charge in [0.25, 0.3) is 11.5 Å². The summed E-state index contributed by atoms with van der Waals surface area (Å²) < 4.78 is 12.5. The number of hydrazone groups is 1. The summed E-state index contributed by atoms with van der Waals surface area (Å²) in [4.78, 5) is 31.8. The Bertz CT molecular complexity index is 1430. The maximum atomic E-state index is 13.2. The van der Waals surface area contributed by atoms with Gasteiger partial charge in [0.2, 0.25) is 0 Å². The van der Waals surface area contributed by atoms with Gasteiger partial charge in [-0.05, 0) is 50.1 Å². The van der Waals surface area contributed by atoms with E-state index in [-0.39, 0.29) is 12.1 Å². The lowest BCUT2D eigenvalue weighted by Crippen LogP contribution is -2.30. The molecule has 0 spiro atoms. The van der Waals surface area contributed by atoms with Gasteiger partial charge >= 0.3 is 0 Å². The van der Waals surface area contributed by atoms with Gasteiger partial charge in [0.05, 0.1) is 31.1 Å². The van der Waals surface area contributed by atoms with Gasteiger partial charge in [-0.3, -0.25) is 14.2 Å². The normalized spacial score (nSPS) is 11.2. The number of nitrogens with one attached hydrogen (secondary N) is 1.